The number of nitrogens with one attached hydrogen (secondary N) is 1. The van der Waals surface area contributed by atoms with Gasteiger partial charge in [0.2, 0.25) is 0 Å². The van der Waals surface area contributed by atoms with Crippen LogP contribution >= 0.6 is 11.3 Å². The number of hydrogen-bond donors (Lipinski definition) is 1. The van der Waals surface area contributed by atoms with E-state index in [0.717, 1.165) is 42.9 Å². The number of H-pyrrole nitrogens is 1. The maximum atomic E-state index is 12.8. The Morgan fingerprint density at radius 2 is 2.19 bits per heavy atom. The van der Waals surface area contributed by atoms with E-state index in [1.165, 1.54) is 28.2 Å². The molecule has 0 radical (unpaired) electrons. The molecule has 0 saturated carbocycles. The number of benzene rings is 1. The molecule has 3 aromatic rings. The minimum Gasteiger partial charge on any atom is -0.337 e. The summed E-state index contributed by atoms with van der Waals surface area (Å²) in [4.78, 5) is 19.8. The topological polar surface area (TPSA) is 61.9 Å². The van der Waals surface area contributed by atoms with Gasteiger partial charge in [-0.3, -0.25) is 9.89 Å². The van der Waals surface area contributed by atoms with Crippen molar-refractivity contribution in [1.82, 2.24) is 20.1 Å². The predicted octanol–water partition coefficient (Wildman–Crippen LogP) is 3.79. The average Bonchev–Trinajstić information content (AvgIpc) is 3.31. The second-order valence-corrected chi connectivity index (χ2v) is 7.68. The molecular weight excluding hydrogens is 344 g/mol. The number of aromatic nitrogens is 3. The number of aryl methyl sites for hydroxylation is 1. The summed E-state index contributed by atoms with van der Waals surface area (Å²) in [5, 5.41) is 7.49. The molecule has 6 heteroatoms. The van der Waals surface area contributed by atoms with Gasteiger partial charge in [0.15, 0.2) is 0 Å². The Balaban J connectivity index is 1.51. The molecule has 1 aromatic carbocycles. The summed E-state index contributed by atoms with van der Waals surface area (Å²) in [6.07, 6.45) is 4.88. The first-order valence-corrected chi connectivity index (χ1v) is 9.85. The van der Waals surface area contributed by atoms with E-state index in [0.29, 0.717) is 5.92 Å². The Bertz CT molecular complexity index is 886. The Labute approximate surface area is 157 Å². The average molecular weight is 366 g/mol. The zero-order chi connectivity index (χ0) is 17.9. The van der Waals surface area contributed by atoms with Crippen molar-refractivity contribution in [3.63, 3.8) is 0 Å². The van der Waals surface area contributed by atoms with E-state index in [2.05, 4.69) is 39.4 Å². The third kappa shape index (κ3) is 3.42. The van der Waals surface area contributed by atoms with Crippen LogP contribution in [0.15, 0.2) is 42.0 Å². The molecule has 1 N–H and O–H groups in total. The summed E-state index contributed by atoms with van der Waals surface area (Å²) in [5.74, 6) is 0.418. The largest absolute Gasteiger partial charge is 0.337 e. The van der Waals surface area contributed by atoms with Crippen molar-refractivity contribution < 1.29 is 4.79 Å². The van der Waals surface area contributed by atoms with Gasteiger partial charge in [-0.15, -0.1) is 11.3 Å². The van der Waals surface area contributed by atoms with E-state index in [-0.39, 0.29) is 5.91 Å². The highest BCUT2D eigenvalue weighted by atomic mass is 32.1. The van der Waals surface area contributed by atoms with Crippen LogP contribution in [0.4, 0.5) is 0 Å². The lowest BCUT2D eigenvalue weighted by molar-refractivity contribution is 0.0709. The first kappa shape index (κ1) is 17.0. The number of hydrogen-bond acceptors (Lipinski definition) is 4. The number of piperidine rings is 1. The molecule has 1 saturated heterocycles. The summed E-state index contributed by atoms with van der Waals surface area (Å²) < 4.78 is 0. The van der Waals surface area contributed by atoms with Crippen LogP contribution < -0.4 is 0 Å². The van der Waals surface area contributed by atoms with Gasteiger partial charge in [0.1, 0.15) is 4.88 Å². The van der Waals surface area contributed by atoms with Crippen molar-refractivity contribution in [2.75, 3.05) is 13.1 Å². The highest BCUT2D eigenvalue weighted by Crippen LogP contribution is 2.30. The van der Waals surface area contributed by atoms with Crippen LogP contribution in [0.2, 0.25) is 0 Å². The van der Waals surface area contributed by atoms with Gasteiger partial charge in [-0.1, -0.05) is 30.3 Å². The van der Waals surface area contributed by atoms with Crippen LogP contribution in [0, 0.1) is 6.92 Å². The predicted molar refractivity (Wildman–Crippen MR) is 103 cm³/mol. The standard InChI is InChI=1S/C20H22N4OS/c1-14-19(26-13-21-14)20(25)24-9-5-8-16(12-24)18-17(11-22-23-18)10-15-6-3-2-4-7-15/h2-4,6-7,11,13,16H,5,8-10,12H2,1H3,(H,22,23). The van der Waals surface area contributed by atoms with Crippen molar-refractivity contribution in [3.8, 4) is 0 Å². The normalized spacial score (nSPS) is 17.4. The van der Waals surface area contributed by atoms with Gasteiger partial charge in [-0.05, 0) is 30.9 Å². The SMILES string of the molecule is Cc1ncsc1C(=O)N1CCCC(c2[nH]ncc2Cc2ccccc2)C1. The van der Waals surface area contributed by atoms with Gasteiger partial charge in [-0.25, -0.2) is 4.98 Å². The number of carbonyl (C=O) groups is 1. The third-order valence-corrected chi connectivity index (χ3v) is 5.96. The maximum Gasteiger partial charge on any atom is 0.265 e. The molecule has 0 aliphatic carbocycles. The second kappa shape index (κ2) is 7.41. The monoisotopic (exact) mass is 366 g/mol. The lowest BCUT2D eigenvalue weighted by Gasteiger charge is -2.32. The molecular formula is C20H22N4OS. The molecule has 0 bridgehead atoms. The molecule has 26 heavy (non-hydrogen) atoms. The second-order valence-electron chi connectivity index (χ2n) is 6.83. The van der Waals surface area contributed by atoms with E-state index in [9.17, 15) is 4.79 Å². The molecule has 0 spiro atoms. The van der Waals surface area contributed by atoms with Crippen LogP contribution in [-0.4, -0.2) is 39.1 Å². The van der Waals surface area contributed by atoms with Crippen molar-refractivity contribution in [2.24, 2.45) is 0 Å². The Hall–Kier alpha value is -2.47. The van der Waals surface area contributed by atoms with Gasteiger partial charge >= 0.3 is 0 Å². The van der Waals surface area contributed by atoms with E-state index < -0.39 is 0 Å². The number of rotatable bonds is 4. The molecule has 1 fully saturated rings. The van der Waals surface area contributed by atoms with Gasteiger partial charge in [0.25, 0.3) is 5.91 Å². The van der Waals surface area contributed by atoms with Crippen molar-refractivity contribution in [2.45, 2.75) is 32.1 Å². The van der Waals surface area contributed by atoms with E-state index in [4.69, 9.17) is 0 Å². The van der Waals surface area contributed by atoms with Gasteiger partial charge in [0, 0.05) is 31.1 Å². The fraction of sp³-hybridized carbons (Fsp3) is 0.350. The van der Waals surface area contributed by atoms with Crippen molar-refractivity contribution in [3.05, 3.63) is 69.4 Å². The van der Waals surface area contributed by atoms with Crippen LogP contribution in [-0.2, 0) is 6.42 Å². The summed E-state index contributed by atoms with van der Waals surface area (Å²) in [6, 6.07) is 10.4. The number of amides is 1. The fourth-order valence-corrected chi connectivity index (χ4v) is 4.45. The van der Waals surface area contributed by atoms with Crippen molar-refractivity contribution >= 4 is 17.2 Å². The highest BCUT2D eigenvalue weighted by Gasteiger charge is 2.29. The van der Waals surface area contributed by atoms with E-state index in [1.807, 2.05) is 24.1 Å². The van der Waals surface area contributed by atoms with Crippen LogP contribution in [0.5, 0.6) is 0 Å². The molecule has 1 unspecified atom stereocenters. The van der Waals surface area contributed by atoms with E-state index >= 15 is 0 Å². The van der Waals surface area contributed by atoms with Crippen LogP contribution in [0.3, 0.4) is 0 Å². The van der Waals surface area contributed by atoms with Crippen LogP contribution in [0.25, 0.3) is 0 Å². The number of aromatic amines is 1. The zero-order valence-electron chi connectivity index (χ0n) is 14.8. The first-order valence-electron chi connectivity index (χ1n) is 8.98. The molecule has 1 atom stereocenters. The van der Waals surface area contributed by atoms with Crippen molar-refractivity contribution in [1.29, 1.82) is 0 Å². The quantitative estimate of drug-likeness (QED) is 0.764. The molecule has 3 heterocycles. The molecule has 1 aliphatic rings. The summed E-state index contributed by atoms with van der Waals surface area (Å²) >= 11 is 1.43. The number of likely N-dealkylation sites (tertiary alicyclic amines) is 1. The minimum atomic E-state index is 0.110. The maximum absolute atomic E-state index is 12.8. The Morgan fingerprint density at radius 1 is 1.35 bits per heavy atom. The lowest BCUT2D eigenvalue weighted by Crippen LogP contribution is -2.39. The third-order valence-electron chi connectivity index (χ3n) is 5.05. The Morgan fingerprint density at radius 3 is 2.96 bits per heavy atom. The van der Waals surface area contributed by atoms with Gasteiger partial charge in [-0.2, -0.15) is 5.10 Å². The van der Waals surface area contributed by atoms with Gasteiger partial charge < -0.3 is 4.90 Å². The zero-order valence-corrected chi connectivity index (χ0v) is 15.6. The molecule has 1 amide bonds. The molecule has 5 nitrogen and oxygen atoms in total. The molecule has 4 rings (SSSR count). The molecule has 1 aliphatic heterocycles. The smallest absolute Gasteiger partial charge is 0.265 e. The van der Waals surface area contributed by atoms with Gasteiger partial charge in [0.05, 0.1) is 17.4 Å². The van der Waals surface area contributed by atoms with Crippen LogP contribution in [0.1, 0.15) is 50.9 Å². The summed E-state index contributed by atoms with van der Waals surface area (Å²) in [7, 11) is 0. The lowest BCUT2D eigenvalue weighted by atomic mass is 9.90. The number of nitrogens with zero attached hydrogens (tertiary/aromatic N) is 3. The summed E-state index contributed by atoms with van der Waals surface area (Å²) in [6.45, 7) is 3.45. The first-order chi connectivity index (χ1) is 12.7. The number of thiazole rings is 1. The number of carbonyl (C=O) groups excluding carboxylic acids is 1. The molecule has 2 aromatic heterocycles. The Kier molecular flexibility index (Phi) is 4.84. The fourth-order valence-electron chi connectivity index (χ4n) is 3.68. The highest BCUT2D eigenvalue weighted by molar-refractivity contribution is 7.11. The van der Waals surface area contributed by atoms with E-state index in [1.54, 1.807) is 5.51 Å². The minimum absolute atomic E-state index is 0.110. The summed E-state index contributed by atoms with van der Waals surface area (Å²) in [5.41, 5.74) is 6.25. The molecule has 134 valence electrons.